The molecule has 0 aromatic carbocycles. The Labute approximate surface area is 81.7 Å². The van der Waals surface area contributed by atoms with Gasteiger partial charge in [0.2, 0.25) is 0 Å². The average molecular weight is 196 g/mol. The lowest BCUT2D eigenvalue weighted by Gasteiger charge is -2.26. The molecule has 2 N–H and O–H groups in total. The SMILES string of the molecule is CC1(/C=C\C=O)CC=C(OO)C=C1O. The van der Waals surface area contributed by atoms with Gasteiger partial charge in [0, 0.05) is 11.5 Å². The molecule has 0 radical (unpaired) electrons. The van der Waals surface area contributed by atoms with Gasteiger partial charge in [0.25, 0.3) is 0 Å². The highest BCUT2D eigenvalue weighted by Crippen LogP contribution is 2.35. The van der Waals surface area contributed by atoms with E-state index in [1.807, 2.05) is 0 Å². The van der Waals surface area contributed by atoms with Crippen LogP contribution in [0.25, 0.3) is 0 Å². The van der Waals surface area contributed by atoms with Crippen molar-refractivity contribution in [3.8, 4) is 0 Å². The summed E-state index contributed by atoms with van der Waals surface area (Å²) < 4.78 is 0. The molecule has 0 amide bonds. The van der Waals surface area contributed by atoms with E-state index in [4.69, 9.17) is 5.26 Å². The molecule has 4 heteroatoms. The van der Waals surface area contributed by atoms with Crippen molar-refractivity contribution in [1.82, 2.24) is 0 Å². The van der Waals surface area contributed by atoms with Crippen molar-refractivity contribution in [2.24, 2.45) is 5.41 Å². The number of aliphatic hydroxyl groups is 1. The van der Waals surface area contributed by atoms with E-state index >= 15 is 0 Å². The summed E-state index contributed by atoms with van der Waals surface area (Å²) in [6.45, 7) is 1.78. The normalized spacial score (nSPS) is 27.0. The van der Waals surface area contributed by atoms with E-state index in [0.717, 1.165) is 0 Å². The highest BCUT2D eigenvalue weighted by Gasteiger charge is 2.28. The molecule has 0 bridgehead atoms. The predicted molar refractivity (Wildman–Crippen MR) is 50.4 cm³/mol. The molecule has 0 saturated carbocycles. The molecular weight excluding hydrogens is 184 g/mol. The van der Waals surface area contributed by atoms with Crippen LogP contribution in [0.3, 0.4) is 0 Å². The van der Waals surface area contributed by atoms with Gasteiger partial charge in [-0.3, -0.25) is 4.79 Å². The quantitative estimate of drug-likeness (QED) is 0.313. The maximum atomic E-state index is 10.1. The molecule has 1 unspecified atom stereocenters. The smallest absolute Gasteiger partial charge is 0.164 e. The minimum Gasteiger partial charge on any atom is -0.511 e. The lowest BCUT2D eigenvalue weighted by molar-refractivity contribution is -0.199. The molecule has 0 aliphatic heterocycles. The van der Waals surface area contributed by atoms with Crippen LogP contribution in [0.2, 0.25) is 0 Å². The summed E-state index contributed by atoms with van der Waals surface area (Å²) in [7, 11) is 0. The Kier molecular flexibility index (Phi) is 3.09. The lowest BCUT2D eigenvalue weighted by atomic mass is 9.81. The standard InChI is InChI=1S/C10H12O4/c1-10(4-2-6-11)5-3-8(14-13)7-9(10)12/h2-4,6-7,12-13H,5H2,1H3/b4-2-. The summed E-state index contributed by atoms with van der Waals surface area (Å²) in [5, 5.41) is 18.0. The van der Waals surface area contributed by atoms with Gasteiger partial charge in [-0.1, -0.05) is 6.08 Å². The fourth-order valence-corrected chi connectivity index (χ4v) is 1.24. The van der Waals surface area contributed by atoms with E-state index in [9.17, 15) is 9.90 Å². The molecular formula is C10H12O4. The molecule has 0 heterocycles. The van der Waals surface area contributed by atoms with Crippen molar-refractivity contribution in [2.45, 2.75) is 13.3 Å². The Balaban J connectivity index is 2.87. The number of aldehydes is 1. The first-order valence-corrected chi connectivity index (χ1v) is 4.18. The number of hydrogen-bond acceptors (Lipinski definition) is 4. The van der Waals surface area contributed by atoms with Gasteiger partial charge in [-0.25, -0.2) is 5.26 Å². The van der Waals surface area contributed by atoms with Crippen molar-refractivity contribution in [3.05, 3.63) is 35.8 Å². The molecule has 76 valence electrons. The molecule has 0 aromatic rings. The highest BCUT2D eigenvalue weighted by molar-refractivity contribution is 5.65. The van der Waals surface area contributed by atoms with Crippen LogP contribution in [0.4, 0.5) is 0 Å². The minimum absolute atomic E-state index is 0.0575. The summed E-state index contributed by atoms with van der Waals surface area (Å²) in [6, 6.07) is 0. The van der Waals surface area contributed by atoms with Crippen molar-refractivity contribution in [3.63, 3.8) is 0 Å². The number of hydrogen-bond donors (Lipinski definition) is 2. The Morgan fingerprint density at radius 3 is 2.86 bits per heavy atom. The van der Waals surface area contributed by atoms with Crippen molar-refractivity contribution in [1.29, 1.82) is 0 Å². The molecule has 0 spiro atoms. The molecule has 4 nitrogen and oxygen atoms in total. The Morgan fingerprint density at radius 1 is 1.64 bits per heavy atom. The summed E-state index contributed by atoms with van der Waals surface area (Å²) in [5.74, 6) is 0.265. The third kappa shape index (κ3) is 2.03. The summed E-state index contributed by atoms with van der Waals surface area (Å²) in [4.78, 5) is 14.1. The van der Waals surface area contributed by atoms with Crippen LogP contribution in [-0.2, 0) is 9.68 Å². The monoisotopic (exact) mass is 196 g/mol. The van der Waals surface area contributed by atoms with Crippen LogP contribution < -0.4 is 0 Å². The molecule has 1 rings (SSSR count). The van der Waals surface area contributed by atoms with E-state index < -0.39 is 5.41 Å². The fraction of sp³-hybridized carbons (Fsp3) is 0.300. The second-order valence-electron chi connectivity index (χ2n) is 3.34. The van der Waals surface area contributed by atoms with Crippen molar-refractivity contribution in [2.75, 3.05) is 0 Å². The van der Waals surface area contributed by atoms with E-state index in [2.05, 4.69) is 4.89 Å². The zero-order valence-corrected chi connectivity index (χ0v) is 7.80. The van der Waals surface area contributed by atoms with Crippen LogP contribution in [0.5, 0.6) is 0 Å². The summed E-state index contributed by atoms with van der Waals surface area (Å²) in [5.41, 5.74) is -0.594. The van der Waals surface area contributed by atoms with E-state index in [-0.39, 0.29) is 11.5 Å². The van der Waals surface area contributed by atoms with Gasteiger partial charge in [0.1, 0.15) is 12.0 Å². The minimum atomic E-state index is -0.594. The van der Waals surface area contributed by atoms with E-state index in [1.165, 1.54) is 12.2 Å². The number of aliphatic hydroxyl groups excluding tert-OH is 1. The first kappa shape index (κ1) is 10.5. The van der Waals surface area contributed by atoms with Crippen molar-refractivity contribution >= 4 is 6.29 Å². The number of carbonyl (C=O) groups is 1. The zero-order chi connectivity index (χ0) is 10.6. The zero-order valence-electron chi connectivity index (χ0n) is 7.80. The molecule has 0 aromatic heterocycles. The van der Waals surface area contributed by atoms with Gasteiger partial charge in [-0.15, -0.1) is 0 Å². The number of carbonyl (C=O) groups excluding carboxylic acids is 1. The van der Waals surface area contributed by atoms with Gasteiger partial charge in [0.05, 0.1) is 0 Å². The van der Waals surface area contributed by atoms with Crippen LogP contribution in [0.1, 0.15) is 13.3 Å². The van der Waals surface area contributed by atoms with Gasteiger partial charge in [-0.05, 0) is 25.5 Å². The van der Waals surface area contributed by atoms with Crippen molar-refractivity contribution < 1.29 is 20.0 Å². The van der Waals surface area contributed by atoms with Crippen LogP contribution in [-0.4, -0.2) is 16.6 Å². The van der Waals surface area contributed by atoms with Gasteiger partial charge < -0.3 is 9.99 Å². The molecule has 0 saturated heterocycles. The van der Waals surface area contributed by atoms with Gasteiger partial charge in [-0.2, -0.15) is 0 Å². The van der Waals surface area contributed by atoms with Crippen LogP contribution in [0.15, 0.2) is 35.8 Å². The predicted octanol–water partition coefficient (Wildman–Crippen LogP) is 1.97. The van der Waals surface area contributed by atoms with E-state index in [1.54, 1.807) is 19.1 Å². The lowest BCUT2D eigenvalue weighted by Crippen LogP contribution is -2.19. The molecule has 1 aliphatic carbocycles. The third-order valence-electron chi connectivity index (χ3n) is 2.24. The number of allylic oxidation sites excluding steroid dienone is 4. The number of rotatable bonds is 3. The average Bonchev–Trinajstić information content (AvgIpc) is 2.19. The van der Waals surface area contributed by atoms with Gasteiger partial charge >= 0.3 is 0 Å². The molecule has 1 atom stereocenters. The topological polar surface area (TPSA) is 66.8 Å². The second kappa shape index (κ2) is 4.11. The molecule has 1 aliphatic rings. The molecule has 14 heavy (non-hydrogen) atoms. The first-order chi connectivity index (χ1) is 6.62. The largest absolute Gasteiger partial charge is 0.511 e. The van der Waals surface area contributed by atoms with E-state index in [0.29, 0.717) is 12.7 Å². The summed E-state index contributed by atoms with van der Waals surface area (Å²) >= 11 is 0. The molecule has 0 fully saturated rings. The Morgan fingerprint density at radius 2 is 2.36 bits per heavy atom. The highest BCUT2D eigenvalue weighted by atomic mass is 17.1. The van der Waals surface area contributed by atoms with Crippen LogP contribution >= 0.6 is 0 Å². The third-order valence-corrected chi connectivity index (χ3v) is 2.24. The van der Waals surface area contributed by atoms with Crippen LogP contribution in [0, 0.1) is 5.41 Å². The summed E-state index contributed by atoms with van der Waals surface area (Å²) in [6.07, 6.45) is 7.02. The second-order valence-corrected chi connectivity index (χ2v) is 3.34. The maximum Gasteiger partial charge on any atom is 0.164 e. The Bertz CT molecular complexity index is 314. The van der Waals surface area contributed by atoms with Gasteiger partial charge in [0.15, 0.2) is 5.76 Å². The Hall–Kier alpha value is -1.55. The fourth-order valence-electron chi connectivity index (χ4n) is 1.24. The first-order valence-electron chi connectivity index (χ1n) is 4.18. The maximum absolute atomic E-state index is 10.1.